The van der Waals surface area contributed by atoms with Crippen molar-refractivity contribution >= 4 is 35.0 Å². The van der Waals surface area contributed by atoms with E-state index >= 15 is 0 Å². The molecule has 48 heavy (non-hydrogen) atoms. The molecule has 0 radical (unpaired) electrons. The average molecular weight is 631 g/mol. The zero-order chi connectivity index (χ0) is 33.1. The number of benzene rings is 5. The minimum Gasteiger partial charge on any atom is -0.268 e. The van der Waals surface area contributed by atoms with Crippen molar-refractivity contribution in [1.82, 2.24) is 0 Å². The Bertz CT molecular complexity index is 2160. The first-order valence-corrected chi connectivity index (χ1v) is 16.6. The van der Waals surface area contributed by atoms with Gasteiger partial charge in [-0.1, -0.05) is 91.1 Å². The van der Waals surface area contributed by atoms with Crippen molar-refractivity contribution in [3.63, 3.8) is 0 Å². The molecule has 0 saturated heterocycles. The van der Waals surface area contributed by atoms with Crippen molar-refractivity contribution < 1.29 is 19.2 Å². The topological polar surface area (TPSA) is 74.8 Å². The van der Waals surface area contributed by atoms with Crippen molar-refractivity contribution in [2.45, 2.75) is 51.9 Å². The lowest BCUT2D eigenvalue weighted by molar-refractivity contribution is 0.0909. The number of aryl methyl sites for hydroxylation is 2. The lowest BCUT2D eigenvalue weighted by atomic mass is 9.83. The SMILES string of the molecule is Cc1ccc(-c2ccc3c(c2)C(=O)N(c2ccc(N4C(=O)c5ccc(-c6ccc(C)cc6)cc5C4=O)c(C4CCCCC4)c2)C3=O)cc1. The Morgan fingerprint density at radius 2 is 0.917 bits per heavy atom. The quantitative estimate of drug-likeness (QED) is 0.181. The first-order chi connectivity index (χ1) is 23.3. The van der Waals surface area contributed by atoms with Gasteiger partial charge in [-0.25, -0.2) is 9.80 Å². The fourth-order valence-electron chi connectivity index (χ4n) is 7.41. The summed E-state index contributed by atoms with van der Waals surface area (Å²) in [7, 11) is 0. The van der Waals surface area contributed by atoms with Crippen molar-refractivity contribution in [3.05, 3.63) is 142 Å². The number of nitrogens with zero attached hydrogens (tertiary/aromatic N) is 2. The van der Waals surface area contributed by atoms with Crippen LogP contribution in [0.5, 0.6) is 0 Å². The van der Waals surface area contributed by atoms with Crippen molar-refractivity contribution in [3.8, 4) is 22.3 Å². The maximum absolute atomic E-state index is 14.0. The molecule has 0 bridgehead atoms. The summed E-state index contributed by atoms with van der Waals surface area (Å²) in [6, 6.07) is 32.2. The number of hydrogen-bond donors (Lipinski definition) is 0. The van der Waals surface area contributed by atoms with Crippen LogP contribution in [-0.2, 0) is 0 Å². The largest absolute Gasteiger partial charge is 0.268 e. The minimum atomic E-state index is -0.379. The molecule has 5 aromatic carbocycles. The van der Waals surface area contributed by atoms with Gasteiger partial charge >= 0.3 is 0 Å². The monoisotopic (exact) mass is 630 g/mol. The van der Waals surface area contributed by atoms with Gasteiger partial charge in [0.05, 0.1) is 33.6 Å². The summed E-state index contributed by atoms with van der Waals surface area (Å²) in [4.78, 5) is 58.0. The van der Waals surface area contributed by atoms with E-state index in [-0.39, 0.29) is 29.5 Å². The molecule has 236 valence electrons. The summed E-state index contributed by atoms with van der Waals surface area (Å²) < 4.78 is 0. The third-order valence-electron chi connectivity index (χ3n) is 10.1. The molecule has 6 nitrogen and oxygen atoms in total. The Kier molecular flexibility index (Phi) is 7.17. The Hall–Kier alpha value is -5.62. The third kappa shape index (κ3) is 4.87. The fraction of sp³-hybridized carbons (Fsp3) is 0.190. The van der Waals surface area contributed by atoms with Gasteiger partial charge in [-0.15, -0.1) is 0 Å². The first-order valence-electron chi connectivity index (χ1n) is 16.6. The number of hydrogen-bond acceptors (Lipinski definition) is 4. The molecule has 0 spiro atoms. The third-order valence-corrected chi connectivity index (χ3v) is 10.1. The molecule has 6 heteroatoms. The smallest absolute Gasteiger partial charge is 0.266 e. The zero-order valence-corrected chi connectivity index (χ0v) is 27.0. The highest BCUT2D eigenvalue weighted by atomic mass is 16.2. The molecule has 1 saturated carbocycles. The van der Waals surface area contributed by atoms with Crippen LogP contribution in [-0.4, -0.2) is 23.6 Å². The van der Waals surface area contributed by atoms with E-state index < -0.39 is 0 Å². The summed E-state index contributed by atoms with van der Waals surface area (Å²) in [5, 5.41) is 0. The lowest BCUT2D eigenvalue weighted by Crippen LogP contribution is -2.32. The Balaban J connectivity index is 1.16. The standard InChI is InChI=1S/C42H34N2O4/c1-25-8-12-27(13-9-25)30-16-19-33-36(22-30)41(47)43(39(33)45)32-18-21-38(35(24-32)29-6-4-3-5-7-29)44-40(46)34-20-17-31(23-37(34)42(44)48)28-14-10-26(2)11-15-28/h8-24,29H,3-7H2,1-2H3. The van der Waals surface area contributed by atoms with Crippen LogP contribution in [0, 0.1) is 13.8 Å². The van der Waals surface area contributed by atoms with Crippen LogP contribution < -0.4 is 9.80 Å². The first kappa shape index (κ1) is 29.8. The highest BCUT2D eigenvalue weighted by molar-refractivity contribution is 6.36. The molecule has 8 rings (SSSR count). The summed E-state index contributed by atoms with van der Waals surface area (Å²) in [5.74, 6) is -1.39. The van der Waals surface area contributed by atoms with Crippen LogP contribution in [0.3, 0.4) is 0 Å². The normalized spacial score (nSPS) is 16.1. The van der Waals surface area contributed by atoms with E-state index in [1.54, 1.807) is 36.4 Å². The second kappa shape index (κ2) is 11.6. The molecule has 3 aliphatic rings. The van der Waals surface area contributed by atoms with Gasteiger partial charge in [-0.2, -0.15) is 0 Å². The molecule has 5 aromatic rings. The van der Waals surface area contributed by atoms with Crippen LogP contribution in [0.1, 0.15) is 96.1 Å². The highest BCUT2D eigenvalue weighted by Crippen LogP contribution is 2.43. The number of carbonyl (C=O) groups excluding carboxylic acids is 4. The van der Waals surface area contributed by atoms with Gasteiger partial charge < -0.3 is 0 Å². The Morgan fingerprint density at radius 3 is 1.46 bits per heavy atom. The maximum atomic E-state index is 14.0. The zero-order valence-electron chi connectivity index (χ0n) is 27.0. The van der Waals surface area contributed by atoms with E-state index in [1.165, 1.54) is 9.80 Å². The Morgan fingerprint density at radius 1 is 0.458 bits per heavy atom. The molecule has 0 aromatic heterocycles. The molecule has 2 aliphatic heterocycles. The minimum absolute atomic E-state index is 0.0875. The number of amides is 4. The van der Waals surface area contributed by atoms with E-state index in [0.29, 0.717) is 33.6 Å². The van der Waals surface area contributed by atoms with Crippen LogP contribution in [0.25, 0.3) is 22.3 Å². The van der Waals surface area contributed by atoms with Crippen LogP contribution in [0.2, 0.25) is 0 Å². The number of imide groups is 2. The van der Waals surface area contributed by atoms with Gasteiger partial charge in [0.2, 0.25) is 0 Å². The molecule has 1 fully saturated rings. The van der Waals surface area contributed by atoms with Gasteiger partial charge in [-0.05, 0) is 103 Å². The molecule has 0 N–H and O–H groups in total. The van der Waals surface area contributed by atoms with Crippen LogP contribution >= 0.6 is 0 Å². The lowest BCUT2D eigenvalue weighted by Gasteiger charge is -2.28. The molecular weight excluding hydrogens is 596 g/mol. The van der Waals surface area contributed by atoms with Crippen LogP contribution in [0.15, 0.2) is 103 Å². The molecular formula is C42H34N2O4. The van der Waals surface area contributed by atoms with Gasteiger partial charge in [0.15, 0.2) is 0 Å². The van der Waals surface area contributed by atoms with Crippen molar-refractivity contribution in [1.29, 1.82) is 0 Å². The van der Waals surface area contributed by atoms with Gasteiger partial charge in [-0.3, -0.25) is 19.2 Å². The van der Waals surface area contributed by atoms with E-state index in [4.69, 9.17) is 0 Å². The number of fused-ring (bicyclic) bond motifs is 2. The molecule has 4 amide bonds. The van der Waals surface area contributed by atoms with Crippen LogP contribution in [0.4, 0.5) is 11.4 Å². The summed E-state index contributed by atoms with van der Waals surface area (Å²) in [6.45, 7) is 4.05. The number of anilines is 2. The van der Waals surface area contributed by atoms with E-state index in [1.807, 2.05) is 80.6 Å². The molecule has 0 atom stereocenters. The van der Waals surface area contributed by atoms with Gasteiger partial charge in [0.25, 0.3) is 23.6 Å². The number of rotatable bonds is 5. The average Bonchev–Trinajstić information content (AvgIpc) is 3.52. The predicted octanol–water partition coefficient (Wildman–Crippen LogP) is 9.29. The fourth-order valence-corrected chi connectivity index (χ4v) is 7.41. The molecule has 0 unspecified atom stereocenters. The summed E-state index contributed by atoms with van der Waals surface area (Å²) in [5.41, 5.74) is 9.23. The second-order valence-corrected chi connectivity index (χ2v) is 13.2. The maximum Gasteiger partial charge on any atom is 0.266 e. The van der Waals surface area contributed by atoms with Crippen molar-refractivity contribution in [2.75, 3.05) is 9.80 Å². The highest BCUT2D eigenvalue weighted by Gasteiger charge is 2.41. The van der Waals surface area contributed by atoms with Gasteiger partial charge in [0, 0.05) is 0 Å². The predicted molar refractivity (Wildman–Crippen MR) is 188 cm³/mol. The molecule has 2 heterocycles. The van der Waals surface area contributed by atoms with E-state index in [0.717, 1.165) is 71.0 Å². The molecule has 1 aliphatic carbocycles. The second-order valence-electron chi connectivity index (χ2n) is 13.2. The van der Waals surface area contributed by atoms with E-state index in [2.05, 4.69) is 0 Å². The van der Waals surface area contributed by atoms with E-state index in [9.17, 15) is 19.2 Å². The summed E-state index contributed by atoms with van der Waals surface area (Å²) >= 11 is 0. The Labute approximate surface area is 279 Å². The summed E-state index contributed by atoms with van der Waals surface area (Å²) in [6.07, 6.45) is 5.00. The van der Waals surface area contributed by atoms with Crippen molar-refractivity contribution in [2.24, 2.45) is 0 Å². The number of carbonyl (C=O) groups is 4. The van der Waals surface area contributed by atoms with Gasteiger partial charge in [0.1, 0.15) is 0 Å².